The van der Waals surface area contributed by atoms with E-state index in [9.17, 15) is 0 Å². The van der Waals surface area contributed by atoms with Gasteiger partial charge in [-0.1, -0.05) is 6.58 Å². The third-order valence-corrected chi connectivity index (χ3v) is 1.77. The molecule has 1 rings (SSSR count). The summed E-state index contributed by atoms with van der Waals surface area (Å²) in [5.74, 6) is 0.989. The van der Waals surface area contributed by atoms with Crippen LogP contribution in [-0.4, -0.2) is 12.6 Å². The molecule has 0 aromatic carbocycles. The van der Waals surface area contributed by atoms with Crippen LogP contribution in [0.1, 0.15) is 13.8 Å². The van der Waals surface area contributed by atoms with Crippen molar-refractivity contribution in [3.05, 3.63) is 36.3 Å². The van der Waals surface area contributed by atoms with Gasteiger partial charge in [0.05, 0.1) is 12.6 Å². The Bertz CT molecular complexity index is 228. The Balaban J connectivity index is 2.68. The molecule has 0 aromatic heterocycles. The van der Waals surface area contributed by atoms with E-state index in [1.54, 1.807) is 6.08 Å². The Morgan fingerprint density at radius 1 is 1.67 bits per heavy atom. The Hall–Kier alpha value is -1.18. The van der Waals surface area contributed by atoms with Crippen molar-refractivity contribution in [3.63, 3.8) is 0 Å². The molecule has 1 atom stereocenters. The summed E-state index contributed by atoms with van der Waals surface area (Å²) < 4.78 is 5.41. The first kappa shape index (κ1) is 8.91. The van der Waals surface area contributed by atoms with Crippen molar-refractivity contribution in [1.82, 2.24) is 5.32 Å². The van der Waals surface area contributed by atoms with E-state index in [1.165, 1.54) is 0 Å². The van der Waals surface area contributed by atoms with Crippen molar-refractivity contribution in [2.24, 2.45) is 0 Å². The van der Waals surface area contributed by atoms with Crippen molar-refractivity contribution < 1.29 is 4.74 Å². The van der Waals surface area contributed by atoms with Gasteiger partial charge in [0.1, 0.15) is 5.76 Å². The minimum atomic E-state index is 0.253. The number of nitrogens with one attached hydrogen (secondary N) is 1. The number of hydrogen-bond donors (Lipinski definition) is 1. The molecule has 2 heteroatoms. The molecule has 0 radical (unpaired) electrons. The maximum absolute atomic E-state index is 5.41. The Labute approximate surface area is 73.6 Å². The molecule has 2 nitrogen and oxygen atoms in total. The first-order valence-corrected chi connectivity index (χ1v) is 4.21. The van der Waals surface area contributed by atoms with Gasteiger partial charge in [-0.15, -0.1) is 0 Å². The lowest BCUT2D eigenvalue weighted by molar-refractivity contribution is 0.204. The SMILES string of the molecule is C=CC1=CC=C(OCC)C(C)N1. The van der Waals surface area contributed by atoms with Gasteiger partial charge in [-0.2, -0.15) is 0 Å². The second kappa shape index (κ2) is 4.00. The van der Waals surface area contributed by atoms with Crippen LogP contribution in [0.4, 0.5) is 0 Å². The van der Waals surface area contributed by atoms with Crippen molar-refractivity contribution in [2.45, 2.75) is 19.9 Å². The summed E-state index contributed by atoms with van der Waals surface area (Å²) in [6.45, 7) is 8.46. The van der Waals surface area contributed by atoms with Gasteiger partial charge in [0.25, 0.3) is 0 Å². The molecule has 1 unspecified atom stereocenters. The molecule has 1 aliphatic heterocycles. The van der Waals surface area contributed by atoms with E-state index in [1.807, 2.05) is 19.1 Å². The molecule has 0 saturated heterocycles. The van der Waals surface area contributed by atoms with Gasteiger partial charge < -0.3 is 10.1 Å². The molecule has 0 aliphatic carbocycles. The first-order valence-electron chi connectivity index (χ1n) is 4.21. The van der Waals surface area contributed by atoms with Gasteiger partial charge in [0.15, 0.2) is 0 Å². The van der Waals surface area contributed by atoms with Crippen molar-refractivity contribution >= 4 is 0 Å². The minimum absolute atomic E-state index is 0.253. The Morgan fingerprint density at radius 2 is 2.42 bits per heavy atom. The summed E-state index contributed by atoms with van der Waals surface area (Å²) in [7, 11) is 0. The maximum Gasteiger partial charge on any atom is 0.118 e. The molecule has 0 amide bonds. The van der Waals surface area contributed by atoms with E-state index in [4.69, 9.17) is 4.74 Å². The van der Waals surface area contributed by atoms with Crippen LogP contribution in [0.5, 0.6) is 0 Å². The van der Waals surface area contributed by atoms with Gasteiger partial charge in [-0.05, 0) is 32.1 Å². The van der Waals surface area contributed by atoms with Crippen molar-refractivity contribution in [2.75, 3.05) is 6.61 Å². The lowest BCUT2D eigenvalue weighted by atomic mass is 10.1. The summed E-state index contributed by atoms with van der Waals surface area (Å²) in [5, 5.41) is 3.25. The fourth-order valence-electron chi connectivity index (χ4n) is 1.15. The minimum Gasteiger partial charge on any atom is -0.496 e. The van der Waals surface area contributed by atoms with Gasteiger partial charge in [0.2, 0.25) is 0 Å². The average molecular weight is 165 g/mol. The summed E-state index contributed by atoms with van der Waals surface area (Å²) in [5.41, 5.74) is 1.05. The smallest absolute Gasteiger partial charge is 0.118 e. The normalized spacial score (nSPS) is 22.0. The zero-order valence-corrected chi connectivity index (χ0v) is 7.63. The molecular weight excluding hydrogens is 150 g/mol. The quantitative estimate of drug-likeness (QED) is 0.690. The van der Waals surface area contributed by atoms with Crippen LogP contribution in [0.2, 0.25) is 0 Å². The van der Waals surface area contributed by atoms with Crippen LogP contribution < -0.4 is 5.32 Å². The van der Waals surface area contributed by atoms with Crippen LogP contribution in [0.3, 0.4) is 0 Å². The highest BCUT2D eigenvalue weighted by atomic mass is 16.5. The number of ether oxygens (including phenoxy) is 1. The molecule has 66 valence electrons. The van der Waals surface area contributed by atoms with Crippen molar-refractivity contribution in [3.8, 4) is 0 Å². The molecule has 12 heavy (non-hydrogen) atoms. The Kier molecular flexibility index (Phi) is 2.97. The molecule has 0 aromatic rings. The summed E-state index contributed by atoms with van der Waals surface area (Å²) in [6.07, 6.45) is 5.76. The maximum atomic E-state index is 5.41. The van der Waals surface area contributed by atoms with E-state index in [-0.39, 0.29) is 6.04 Å². The standard InChI is InChI=1S/C10H15NO/c1-4-9-6-7-10(12-5-2)8(3)11-9/h4,6-8,11H,1,5H2,2-3H3. The van der Waals surface area contributed by atoms with Crippen LogP contribution in [-0.2, 0) is 4.74 Å². The van der Waals surface area contributed by atoms with Crippen LogP contribution in [0.15, 0.2) is 36.3 Å². The summed E-state index contributed by atoms with van der Waals surface area (Å²) >= 11 is 0. The zero-order valence-electron chi connectivity index (χ0n) is 7.63. The summed E-state index contributed by atoms with van der Waals surface area (Å²) in [6, 6.07) is 0.253. The third kappa shape index (κ3) is 1.91. The number of dihydropyridines is 1. The second-order valence-corrected chi connectivity index (χ2v) is 2.69. The largest absolute Gasteiger partial charge is 0.496 e. The highest BCUT2D eigenvalue weighted by Crippen LogP contribution is 2.12. The van der Waals surface area contributed by atoms with Crippen LogP contribution in [0, 0.1) is 0 Å². The molecule has 0 fully saturated rings. The third-order valence-electron chi connectivity index (χ3n) is 1.77. The lowest BCUT2D eigenvalue weighted by Crippen LogP contribution is -2.30. The number of hydrogen-bond acceptors (Lipinski definition) is 2. The van der Waals surface area contributed by atoms with Gasteiger partial charge in [-0.25, -0.2) is 0 Å². The van der Waals surface area contributed by atoms with Gasteiger partial charge >= 0.3 is 0 Å². The van der Waals surface area contributed by atoms with Crippen molar-refractivity contribution in [1.29, 1.82) is 0 Å². The topological polar surface area (TPSA) is 21.3 Å². The fourth-order valence-corrected chi connectivity index (χ4v) is 1.15. The predicted molar refractivity (Wildman–Crippen MR) is 50.6 cm³/mol. The second-order valence-electron chi connectivity index (χ2n) is 2.69. The molecule has 1 heterocycles. The first-order chi connectivity index (χ1) is 5.77. The van der Waals surface area contributed by atoms with E-state index in [0.717, 1.165) is 18.1 Å². The number of rotatable bonds is 3. The monoisotopic (exact) mass is 165 g/mol. The van der Waals surface area contributed by atoms with E-state index in [0.29, 0.717) is 0 Å². The molecule has 1 N–H and O–H groups in total. The Morgan fingerprint density at radius 3 is 2.92 bits per heavy atom. The van der Waals surface area contributed by atoms with E-state index in [2.05, 4.69) is 18.8 Å². The molecule has 0 spiro atoms. The van der Waals surface area contributed by atoms with E-state index >= 15 is 0 Å². The molecule has 0 saturated carbocycles. The van der Waals surface area contributed by atoms with Crippen LogP contribution in [0.25, 0.3) is 0 Å². The van der Waals surface area contributed by atoms with Crippen LogP contribution >= 0.6 is 0 Å². The zero-order chi connectivity index (χ0) is 8.97. The summed E-state index contributed by atoms with van der Waals surface area (Å²) in [4.78, 5) is 0. The lowest BCUT2D eigenvalue weighted by Gasteiger charge is -2.22. The van der Waals surface area contributed by atoms with Gasteiger partial charge in [0, 0.05) is 5.70 Å². The highest BCUT2D eigenvalue weighted by Gasteiger charge is 2.12. The molecular formula is C10H15NO. The average Bonchev–Trinajstić information content (AvgIpc) is 2.09. The van der Waals surface area contributed by atoms with E-state index < -0.39 is 0 Å². The molecule has 1 aliphatic rings. The van der Waals surface area contributed by atoms with Gasteiger partial charge in [-0.3, -0.25) is 0 Å². The number of allylic oxidation sites excluding steroid dienone is 3. The molecule has 0 bridgehead atoms. The predicted octanol–water partition coefficient (Wildman–Crippen LogP) is 1.97. The highest BCUT2D eigenvalue weighted by molar-refractivity contribution is 5.29. The fraction of sp³-hybridized carbons (Fsp3) is 0.400.